The van der Waals surface area contributed by atoms with Gasteiger partial charge in [0.15, 0.2) is 0 Å². The van der Waals surface area contributed by atoms with Gasteiger partial charge >= 0.3 is 0 Å². The van der Waals surface area contributed by atoms with Crippen LogP contribution in [-0.2, 0) is 13.2 Å². The smallest absolute Gasteiger partial charge is 0.130 e. The Bertz CT molecular complexity index is 877. The molecule has 0 aliphatic rings. The van der Waals surface area contributed by atoms with Crippen LogP contribution in [0.15, 0.2) is 66.7 Å². The number of rotatable bonds is 8. The molecule has 0 aromatic heterocycles. The largest absolute Gasteiger partial charge is 0.488 e. The predicted molar refractivity (Wildman–Crippen MR) is 118 cm³/mol. The van der Waals surface area contributed by atoms with Gasteiger partial charge in [-0.1, -0.05) is 82.2 Å². The summed E-state index contributed by atoms with van der Waals surface area (Å²) in [5, 5.41) is 6.16. The zero-order chi connectivity index (χ0) is 19.1. The van der Waals surface area contributed by atoms with Gasteiger partial charge in [-0.25, -0.2) is 0 Å². The van der Waals surface area contributed by atoms with Gasteiger partial charge in [-0.15, -0.1) is 0 Å². The van der Waals surface area contributed by atoms with E-state index in [9.17, 15) is 0 Å². The summed E-state index contributed by atoms with van der Waals surface area (Å²) in [4.78, 5) is 0. The second-order valence-corrected chi connectivity index (χ2v) is 8.03. The van der Waals surface area contributed by atoms with Gasteiger partial charge in [0, 0.05) is 11.8 Å². The highest BCUT2D eigenvalue weighted by Gasteiger charge is 2.12. The minimum absolute atomic E-state index is 0.583. The highest BCUT2D eigenvalue weighted by molar-refractivity contribution is 7.56. The molecule has 0 saturated carbocycles. The molecule has 0 heterocycles. The van der Waals surface area contributed by atoms with Crippen LogP contribution < -0.4 is 20.7 Å². The molecule has 0 aliphatic heterocycles. The second-order valence-electron chi connectivity index (χ2n) is 6.74. The molecular weight excluding hydrogens is 349 g/mol. The number of para-hydroxylation sites is 1. The Morgan fingerprint density at radius 2 is 1.59 bits per heavy atom. The van der Waals surface area contributed by atoms with Crippen LogP contribution in [0.4, 0.5) is 0 Å². The molecule has 27 heavy (non-hydrogen) atoms. The van der Waals surface area contributed by atoms with Crippen molar-refractivity contribution in [1.82, 2.24) is 5.32 Å². The van der Waals surface area contributed by atoms with Gasteiger partial charge in [-0.05, 0) is 48.0 Å². The van der Waals surface area contributed by atoms with E-state index in [1.54, 1.807) is 0 Å². The van der Waals surface area contributed by atoms with Crippen LogP contribution in [0.25, 0.3) is 0 Å². The van der Waals surface area contributed by atoms with Gasteiger partial charge in [-0.2, -0.15) is 0 Å². The standard InChI is InChI=1S/C24H28NOP/c1-4-25-16-21-14-8-11-19(3)24(21)27-22-15-9-10-18(2)23(22)26-17-20-12-6-5-7-13-20/h5-15,25,27H,4,16-17H2,1-3H3. The fraction of sp³-hybridized carbons (Fsp3) is 0.250. The molecule has 0 bridgehead atoms. The first kappa shape index (κ1) is 19.6. The zero-order valence-corrected chi connectivity index (χ0v) is 17.4. The van der Waals surface area contributed by atoms with Crippen molar-refractivity contribution in [1.29, 1.82) is 0 Å². The molecule has 3 rings (SSSR count). The maximum Gasteiger partial charge on any atom is 0.130 e. The van der Waals surface area contributed by atoms with Crippen LogP contribution in [0, 0.1) is 13.8 Å². The highest BCUT2D eigenvalue weighted by atomic mass is 31.1. The van der Waals surface area contributed by atoms with Crippen LogP contribution in [0.3, 0.4) is 0 Å². The van der Waals surface area contributed by atoms with Crippen LogP contribution in [-0.4, -0.2) is 6.54 Å². The summed E-state index contributed by atoms with van der Waals surface area (Å²) in [6, 6.07) is 23.4. The quantitative estimate of drug-likeness (QED) is 0.579. The Labute approximate surface area is 164 Å². The van der Waals surface area contributed by atoms with Crippen molar-refractivity contribution in [3.05, 3.63) is 89.0 Å². The van der Waals surface area contributed by atoms with E-state index in [1.165, 1.54) is 32.9 Å². The van der Waals surface area contributed by atoms with Crippen molar-refractivity contribution < 1.29 is 4.74 Å². The van der Waals surface area contributed by atoms with Crippen molar-refractivity contribution in [2.75, 3.05) is 6.54 Å². The van der Waals surface area contributed by atoms with E-state index in [1.807, 2.05) is 6.07 Å². The molecule has 0 radical (unpaired) electrons. The summed E-state index contributed by atoms with van der Waals surface area (Å²) in [6.07, 6.45) is 0. The van der Waals surface area contributed by atoms with E-state index in [0.717, 1.165) is 18.8 Å². The summed E-state index contributed by atoms with van der Waals surface area (Å²) in [5.41, 5.74) is 5.11. The molecule has 1 atom stereocenters. The number of nitrogens with one attached hydrogen (secondary N) is 1. The number of ether oxygens (including phenoxy) is 1. The molecular formula is C24H28NOP. The number of hydrogen-bond donors (Lipinski definition) is 1. The van der Waals surface area contributed by atoms with Crippen molar-refractivity contribution in [2.24, 2.45) is 0 Å². The van der Waals surface area contributed by atoms with Crippen LogP contribution in [0.2, 0.25) is 0 Å². The Morgan fingerprint density at radius 1 is 0.852 bits per heavy atom. The fourth-order valence-electron chi connectivity index (χ4n) is 3.12. The van der Waals surface area contributed by atoms with E-state index in [2.05, 4.69) is 86.8 Å². The van der Waals surface area contributed by atoms with Crippen LogP contribution in [0.5, 0.6) is 5.75 Å². The molecule has 1 unspecified atom stereocenters. The van der Waals surface area contributed by atoms with E-state index in [4.69, 9.17) is 4.74 Å². The maximum absolute atomic E-state index is 6.28. The lowest BCUT2D eigenvalue weighted by Gasteiger charge is -2.17. The van der Waals surface area contributed by atoms with Gasteiger partial charge < -0.3 is 10.1 Å². The average molecular weight is 377 g/mol. The first-order valence-corrected chi connectivity index (χ1v) is 10.5. The number of aryl methyl sites for hydroxylation is 2. The average Bonchev–Trinajstić information content (AvgIpc) is 2.68. The van der Waals surface area contributed by atoms with Crippen molar-refractivity contribution >= 4 is 19.2 Å². The fourth-order valence-corrected chi connectivity index (χ4v) is 4.57. The molecule has 1 N–H and O–H groups in total. The normalized spacial score (nSPS) is 11.2. The molecule has 2 nitrogen and oxygen atoms in total. The molecule has 140 valence electrons. The summed E-state index contributed by atoms with van der Waals surface area (Å²) in [6.45, 7) is 8.97. The lowest BCUT2D eigenvalue weighted by molar-refractivity contribution is 0.307. The molecule has 3 heteroatoms. The highest BCUT2D eigenvalue weighted by Crippen LogP contribution is 2.26. The Morgan fingerprint density at radius 3 is 2.37 bits per heavy atom. The summed E-state index contributed by atoms with van der Waals surface area (Å²) >= 11 is 0. The minimum atomic E-state index is 0.583. The lowest BCUT2D eigenvalue weighted by Crippen LogP contribution is -2.20. The third-order valence-corrected chi connectivity index (χ3v) is 6.25. The van der Waals surface area contributed by atoms with Crippen molar-refractivity contribution in [3.63, 3.8) is 0 Å². The van der Waals surface area contributed by atoms with E-state index >= 15 is 0 Å². The van der Waals surface area contributed by atoms with Gasteiger partial charge in [0.1, 0.15) is 12.4 Å². The van der Waals surface area contributed by atoms with Gasteiger partial charge in [0.25, 0.3) is 0 Å². The maximum atomic E-state index is 6.28. The van der Waals surface area contributed by atoms with Crippen LogP contribution in [0.1, 0.15) is 29.2 Å². The number of benzene rings is 3. The van der Waals surface area contributed by atoms with Crippen molar-refractivity contribution in [3.8, 4) is 5.75 Å². The summed E-state index contributed by atoms with van der Waals surface area (Å²) < 4.78 is 6.28. The lowest BCUT2D eigenvalue weighted by atomic mass is 10.1. The molecule has 0 fully saturated rings. The summed E-state index contributed by atoms with van der Waals surface area (Å²) in [7, 11) is 0.583. The Hall–Kier alpha value is -2.15. The van der Waals surface area contributed by atoms with E-state index in [0.29, 0.717) is 15.2 Å². The monoisotopic (exact) mass is 377 g/mol. The Kier molecular flexibility index (Phi) is 7.04. The Balaban J connectivity index is 1.86. The van der Waals surface area contributed by atoms with Gasteiger partial charge in [0.2, 0.25) is 0 Å². The first-order valence-electron chi connectivity index (χ1n) is 9.51. The molecule has 0 aliphatic carbocycles. The molecule has 3 aromatic rings. The minimum Gasteiger partial charge on any atom is -0.488 e. The molecule has 0 spiro atoms. The predicted octanol–water partition coefficient (Wildman–Crippen LogP) is 4.62. The zero-order valence-electron chi connectivity index (χ0n) is 16.4. The third-order valence-electron chi connectivity index (χ3n) is 4.62. The SMILES string of the molecule is CCNCc1cccc(C)c1Pc1cccc(C)c1OCc1ccccc1. The first-order chi connectivity index (χ1) is 13.2. The van der Waals surface area contributed by atoms with Gasteiger partial charge in [0.05, 0.1) is 0 Å². The van der Waals surface area contributed by atoms with Crippen molar-refractivity contribution in [2.45, 2.75) is 33.9 Å². The number of hydrogen-bond acceptors (Lipinski definition) is 2. The molecule has 0 amide bonds. The third kappa shape index (κ3) is 5.19. The van der Waals surface area contributed by atoms with Gasteiger partial charge in [-0.3, -0.25) is 0 Å². The molecule has 0 saturated heterocycles. The van der Waals surface area contributed by atoms with E-state index in [-0.39, 0.29) is 0 Å². The summed E-state index contributed by atoms with van der Waals surface area (Å²) in [5.74, 6) is 1.03. The topological polar surface area (TPSA) is 21.3 Å². The molecule has 3 aromatic carbocycles. The van der Waals surface area contributed by atoms with Crippen LogP contribution >= 0.6 is 8.58 Å². The van der Waals surface area contributed by atoms with E-state index < -0.39 is 0 Å². The second kappa shape index (κ2) is 9.69.